The standard InChI is InChI=1S/C24H33N3O2/c1-2-3-8-19-17-20-9-7-12-25-23(20)22(18-19)29-21-10-15-27(16-11-21)24(28)26-13-5-4-6-14-26/h7,9,12,17-18,21H,2-6,8,10-11,13-16H2,1H3. The summed E-state index contributed by atoms with van der Waals surface area (Å²) in [6.07, 6.45) is 10.7. The van der Waals surface area contributed by atoms with E-state index in [0.717, 1.165) is 74.9 Å². The highest BCUT2D eigenvalue weighted by molar-refractivity contribution is 5.85. The van der Waals surface area contributed by atoms with E-state index in [1.807, 2.05) is 22.1 Å². The van der Waals surface area contributed by atoms with Gasteiger partial charge in [-0.1, -0.05) is 19.4 Å². The topological polar surface area (TPSA) is 45.7 Å². The number of hydrogen-bond acceptors (Lipinski definition) is 3. The van der Waals surface area contributed by atoms with E-state index in [2.05, 4.69) is 30.1 Å². The van der Waals surface area contributed by atoms with Crippen LogP contribution in [0.2, 0.25) is 0 Å². The lowest BCUT2D eigenvalue weighted by molar-refractivity contribution is 0.0920. The highest BCUT2D eigenvalue weighted by Crippen LogP contribution is 2.29. The molecule has 0 unspecified atom stereocenters. The first-order valence-corrected chi connectivity index (χ1v) is 11.3. The molecule has 4 rings (SSSR count). The van der Waals surface area contributed by atoms with Crippen LogP contribution < -0.4 is 4.74 Å². The largest absolute Gasteiger partial charge is 0.488 e. The Bertz CT molecular complexity index is 824. The number of benzene rings is 1. The van der Waals surface area contributed by atoms with Gasteiger partial charge in [-0.2, -0.15) is 0 Å². The number of nitrogens with zero attached hydrogens (tertiary/aromatic N) is 3. The van der Waals surface area contributed by atoms with Gasteiger partial charge in [0.25, 0.3) is 0 Å². The molecule has 2 saturated heterocycles. The molecule has 156 valence electrons. The predicted molar refractivity (Wildman–Crippen MR) is 116 cm³/mol. The number of fused-ring (bicyclic) bond motifs is 1. The van der Waals surface area contributed by atoms with Gasteiger partial charge in [0.1, 0.15) is 17.4 Å². The molecule has 3 heterocycles. The number of carbonyl (C=O) groups excluding carboxylic acids is 1. The summed E-state index contributed by atoms with van der Waals surface area (Å²) >= 11 is 0. The smallest absolute Gasteiger partial charge is 0.320 e. The Morgan fingerprint density at radius 1 is 1.10 bits per heavy atom. The fourth-order valence-electron chi connectivity index (χ4n) is 4.46. The molecular formula is C24H33N3O2. The normalized spacial score (nSPS) is 18.2. The fourth-order valence-corrected chi connectivity index (χ4v) is 4.46. The molecule has 0 spiro atoms. The van der Waals surface area contributed by atoms with Crippen LogP contribution in [0.3, 0.4) is 0 Å². The van der Waals surface area contributed by atoms with E-state index in [4.69, 9.17) is 4.74 Å². The van der Waals surface area contributed by atoms with Crippen molar-refractivity contribution >= 4 is 16.9 Å². The number of pyridine rings is 1. The molecule has 2 aliphatic heterocycles. The van der Waals surface area contributed by atoms with Gasteiger partial charge in [-0.05, 0) is 55.9 Å². The zero-order chi connectivity index (χ0) is 20.1. The fraction of sp³-hybridized carbons (Fsp3) is 0.583. The first kappa shape index (κ1) is 20.0. The zero-order valence-corrected chi connectivity index (χ0v) is 17.6. The summed E-state index contributed by atoms with van der Waals surface area (Å²) < 4.78 is 6.45. The van der Waals surface area contributed by atoms with Crippen molar-refractivity contribution in [2.75, 3.05) is 26.2 Å². The molecule has 0 radical (unpaired) electrons. The van der Waals surface area contributed by atoms with E-state index in [-0.39, 0.29) is 12.1 Å². The zero-order valence-electron chi connectivity index (χ0n) is 17.6. The number of carbonyl (C=O) groups is 1. The Hall–Kier alpha value is -2.30. The molecule has 2 aromatic rings. The summed E-state index contributed by atoms with van der Waals surface area (Å²) in [6, 6.07) is 8.74. The monoisotopic (exact) mass is 395 g/mol. The first-order chi connectivity index (χ1) is 14.2. The number of ether oxygens (including phenoxy) is 1. The third-order valence-corrected chi connectivity index (χ3v) is 6.18. The second-order valence-electron chi connectivity index (χ2n) is 8.41. The van der Waals surface area contributed by atoms with Crippen molar-refractivity contribution in [2.24, 2.45) is 0 Å². The van der Waals surface area contributed by atoms with Crippen LogP contribution in [-0.4, -0.2) is 53.1 Å². The molecule has 0 N–H and O–H groups in total. The van der Waals surface area contributed by atoms with E-state index in [1.165, 1.54) is 24.8 Å². The number of likely N-dealkylation sites (tertiary alicyclic amines) is 2. The Morgan fingerprint density at radius 3 is 2.62 bits per heavy atom. The number of unbranched alkanes of at least 4 members (excludes halogenated alkanes) is 1. The Kier molecular flexibility index (Phi) is 6.53. The molecule has 5 nitrogen and oxygen atoms in total. The van der Waals surface area contributed by atoms with E-state index in [0.29, 0.717) is 0 Å². The van der Waals surface area contributed by atoms with Crippen LogP contribution in [0.25, 0.3) is 10.9 Å². The maximum absolute atomic E-state index is 12.7. The molecule has 0 saturated carbocycles. The van der Waals surface area contributed by atoms with E-state index >= 15 is 0 Å². The molecule has 1 aromatic carbocycles. The van der Waals surface area contributed by atoms with E-state index in [1.54, 1.807) is 0 Å². The van der Waals surface area contributed by atoms with Gasteiger partial charge in [0.05, 0.1) is 0 Å². The summed E-state index contributed by atoms with van der Waals surface area (Å²) in [5.74, 6) is 0.898. The Morgan fingerprint density at radius 2 is 1.86 bits per heavy atom. The molecule has 0 bridgehead atoms. The minimum atomic E-state index is 0.145. The van der Waals surface area contributed by atoms with Gasteiger partial charge in [0, 0.05) is 50.6 Å². The van der Waals surface area contributed by atoms with Crippen molar-refractivity contribution in [2.45, 2.75) is 64.4 Å². The molecule has 2 amide bonds. The highest BCUT2D eigenvalue weighted by Gasteiger charge is 2.28. The minimum absolute atomic E-state index is 0.145. The number of aromatic nitrogens is 1. The van der Waals surface area contributed by atoms with Crippen molar-refractivity contribution in [1.82, 2.24) is 14.8 Å². The van der Waals surface area contributed by atoms with Crippen molar-refractivity contribution < 1.29 is 9.53 Å². The van der Waals surface area contributed by atoms with E-state index in [9.17, 15) is 4.79 Å². The van der Waals surface area contributed by atoms with Crippen LogP contribution >= 0.6 is 0 Å². The maximum atomic E-state index is 12.7. The summed E-state index contributed by atoms with van der Waals surface area (Å²) in [5.41, 5.74) is 2.26. The predicted octanol–water partition coefficient (Wildman–Crippen LogP) is 5.03. The van der Waals surface area contributed by atoms with Crippen LogP contribution in [0.15, 0.2) is 30.5 Å². The maximum Gasteiger partial charge on any atom is 0.320 e. The third-order valence-electron chi connectivity index (χ3n) is 6.18. The number of aryl methyl sites for hydroxylation is 1. The Labute approximate surface area is 174 Å². The van der Waals surface area contributed by atoms with Crippen molar-refractivity contribution in [1.29, 1.82) is 0 Å². The van der Waals surface area contributed by atoms with Gasteiger partial charge in [0.15, 0.2) is 0 Å². The average Bonchev–Trinajstić information content (AvgIpc) is 2.78. The second-order valence-corrected chi connectivity index (χ2v) is 8.41. The van der Waals surface area contributed by atoms with Gasteiger partial charge >= 0.3 is 6.03 Å². The molecule has 1 aromatic heterocycles. The lowest BCUT2D eigenvalue weighted by Crippen LogP contribution is -2.49. The number of rotatable bonds is 5. The third kappa shape index (κ3) is 4.82. The number of urea groups is 1. The molecule has 0 atom stereocenters. The second kappa shape index (κ2) is 9.47. The SMILES string of the molecule is CCCCc1cc(OC2CCN(C(=O)N3CCCCC3)CC2)c2ncccc2c1. The molecular weight excluding hydrogens is 362 g/mol. The van der Waals surface area contributed by atoms with Crippen molar-refractivity contribution in [3.8, 4) is 5.75 Å². The molecule has 0 aliphatic carbocycles. The summed E-state index contributed by atoms with van der Waals surface area (Å²) in [4.78, 5) is 21.4. The van der Waals surface area contributed by atoms with Crippen LogP contribution in [0, 0.1) is 0 Å². The Balaban J connectivity index is 1.41. The first-order valence-electron chi connectivity index (χ1n) is 11.3. The van der Waals surface area contributed by atoms with Gasteiger partial charge in [-0.15, -0.1) is 0 Å². The van der Waals surface area contributed by atoms with Crippen LogP contribution in [0.1, 0.15) is 57.4 Å². The number of hydrogen-bond donors (Lipinski definition) is 0. The molecule has 2 fully saturated rings. The highest BCUT2D eigenvalue weighted by atomic mass is 16.5. The molecule has 29 heavy (non-hydrogen) atoms. The minimum Gasteiger partial charge on any atom is -0.488 e. The lowest BCUT2D eigenvalue weighted by Gasteiger charge is -2.37. The lowest BCUT2D eigenvalue weighted by atomic mass is 10.0. The number of piperidine rings is 2. The van der Waals surface area contributed by atoms with Gasteiger partial charge in [-0.3, -0.25) is 4.98 Å². The van der Waals surface area contributed by atoms with Gasteiger partial charge in [0.2, 0.25) is 0 Å². The quantitative estimate of drug-likeness (QED) is 0.713. The summed E-state index contributed by atoms with van der Waals surface area (Å²) in [6.45, 7) is 5.61. The van der Waals surface area contributed by atoms with Crippen LogP contribution in [0.5, 0.6) is 5.75 Å². The van der Waals surface area contributed by atoms with Crippen molar-refractivity contribution in [3.05, 3.63) is 36.0 Å². The van der Waals surface area contributed by atoms with Crippen LogP contribution in [-0.2, 0) is 6.42 Å². The van der Waals surface area contributed by atoms with Crippen LogP contribution in [0.4, 0.5) is 4.79 Å². The van der Waals surface area contributed by atoms with Crippen molar-refractivity contribution in [3.63, 3.8) is 0 Å². The molecule has 2 aliphatic rings. The van der Waals surface area contributed by atoms with Gasteiger partial charge < -0.3 is 14.5 Å². The average molecular weight is 396 g/mol. The molecule has 5 heteroatoms. The number of amides is 2. The van der Waals surface area contributed by atoms with Gasteiger partial charge in [-0.25, -0.2) is 4.79 Å². The van der Waals surface area contributed by atoms with E-state index < -0.39 is 0 Å². The summed E-state index contributed by atoms with van der Waals surface area (Å²) in [7, 11) is 0. The summed E-state index contributed by atoms with van der Waals surface area (Å²) in [5, 5.41) is 1.15.